The van der Waals surface area contributed by atoms with Gasteiger partial charge < -0.3 is 10.2 Å². The van der Waals surface area contributed by atoms with Gasteiger partial charge in [0.15, 0.2) is 0 Å². The van der Waals surface area contributed by atoms with Crippen molar-refractivity contribution in [2.45, 2.75) is 30.2 Å². The van der Waals surface area contributed by atoms with Gasteiger partial charge in [-0.1, -0.05) is 0 Å². The summed E-state index contributed by atoms with van der Waals surface area (Å²) in [5, 5.41) is 0.559. The second kappa shape index (κ2) is 5.19. The average Bonchev–Trinajstić information content (AvgIpc) is 3.31. The van der Waals surface area contributed by atoms with Crippen LogP contribution in [0.25, 0.3) is 11.0 Å². The number of hydrogen-bond donors (Lipinski definition) is 2. The van der Waals surface area contributed by atoms with E-state index >= 15 is 0 Å². The van der Waals surface area contributed by atoms with E-state index in [1.54, 1.807) is 6.07 Å². The van der Waals surface area contributed by atoms with Crippen molar-refractivity contribution in [3.8, 4) is 0 Å². The average molecular weight is 322 g/mol. The van der Waals surface area contributed by atoms with Crippen LogP contribution in [0.3, 0.4) is 0 Å². The maximum atomic E-state index is 12.6. The van der Waals surface area contributed by atoms with Crippen LogP contribution >= 0.6 is 0 Å². The van der Waals surface area contributed by atoms with E-state index in [2.05, 4.69) is 4.72 Å². The standard InChI is InChI=1S/C15H18N2O4S/c1-15(9-16,11-3-4-11)17-22(19,20)12-5-6-13-10(8-12)2-7-14(18)21-13/h2,5-8,11,17H,3-4,9,16H2,1H3. The summed E-state index contributed by atoms with van der Waals surface area (Å²) in [7, 11) is -3.69. The maximum absolute atomic E-state index is 12.6. The molecule has 1 unspecified atom stereocenters. The third-order valence-electron chi connectivity index (χ3n) is 4.17. The lowest BCUT2D eigenvalue weighted by atomic mass is 9.98. The normalized spacial score (nSPS) is 18.3. The van der Waals surface area contributed by atoms with E-state index < -0.39 is 21.2 Å². The zero-order valence-electron chi connectivity index (χ0n) is 12.2. The molecule has 0 saturated heterocycles. The summed E-state index contributed by atoms with van der Waals surface area (Å²) in [6.45, 7) is 2.08. The molecule has 1 fully saturated rings. The molecular formula is C15H18N2O4S. The van der Waals surface area contributed by atoms with E-state index in [0.717, 1.165) is 12.8 Å². The minimum Gasteiger partial charge on any atom is -0.423 e. The van der Waals surface area contributed by atoms with E-state index in [1.165, 1.54) is 24.3 Å². The molecule has 0 spiro atoms. The van der Waals surface area contributed by atoms with Gasteiger partial charge in [-0.25, -0.2) is 17.9 Å². The number of rotatable bonds is 5. The smallest absolute Gasteiger partial charge is 0.336 e. The molecule has 0 amide bonds. The number of fused-ring (bicyclic) bond motifs is 1. The molecule has 3 N–H and O–H groups in total. The van der Waals surface area contributed by atoms with Crippen molar-refractivity contribution in [3.63, 3.8) is 0 Å². The number of benzene rings is 1. The Morgan fingerprint density at radius 2 is 2.05 bits per heavy atom. The molecule has 1 aromatic carbocycles. The molecular weight excluding hydrogens is 304 g/mol. The van der Waals surface area contributed by atoms with Gasteiger partial charge in [0.05, 0.1) is 4.90 Å². The van der Waals surface area contributed by atoms with Crippen molar-refractivity contribution in [2.24, 2.45) is 11.7 Å². The third kappa shape index (κ3) is 2.79. The Morgan fingerprint density at radius 1 is 1.32 bits per heavy atom. The third-order valence-corrected chi connectivity index (χ3v) is 5.78. The van der Waals surface area contributed by atoms with Gasteiger partial charge in [-0.05, 0) is 49.9 Å². The summed E-state index contributed by atoms with van der Waals surface area (Å²) in [6, 6.07) is 7.22. The summed E-state index contributed by atoms with van der Waals surface area (Å²) >= 11 is 0. The van der Waals surface area contributed by atoms with E-state index in [4.69, 9.17) is 10.2 Å². The van der Waals surface area contributed by atoms with Crippen molar-refractivity contribution in [1.29, 1.82) is 0 Å². The fourth-order valence-corrected chi connectivity index (χ4v) is 4.11. The zero-order valence-corrected chi connectivity index (χ0v) is 13.0. The lowest BCUT2D eigenvalue weighted by Crippen LogP contribution is -2.52. The van der Waals surface area contributed by atoms with Crippen molar-refractivity contribution in [3.05, 3.63) is 40.8 Å². The Labute approximate surface area is 128 Å². The van der Waals surface area contributed by atoms with Crippen molar-refractivity contribution in [2.75, 3.05) is 6.54 Å². The molecule has 0 bridgehead atoms. The Hall–Kier alpha value is -1.70. The molecule has 7 heteroatoms. The molecule has 1 aliphatic rings. The number of nitrogens with one attached hydrogen (secondary N) is 1. The first-order valence-electron chi connectivity index (χ1n) is 7.12. The molecule has 1 saturated carbocycles. The zero-order chi connectivity index (χ0) is 16.0. The lowest BCUT2D eigenvalue weighted by Gasteiger charge is -2.29. The minimum atomic E-state index is -3.69. The fraction of sp³-hybridized carbons (Fsp3) is 0.400. The van der Waals surface area contributed by atoms with Crippen LogP contribution in [0.4, 0.5) is 0 Å². The predicted octanol–water partition coefficient (Wildman–Crippen LogP) is 1.20. The largest absolute Gasteiger partial charge is 0.423 e. The van der Waals surface area contributed by atoms with Crippen LogP contribution in [0.2, 0.25) is 0 Å². The number of hydrogen-bond acceptors (Lipinski definition) is 5. The summed E-state index contributed by atoms with van der Waals surface area (Å²) in [4.78, 5) is 11.3. The first-order valence-corrected chi connectivity index (χ1v) is 8.60. The molecule has 1 aliphatic carbocycles. The van der Waals surface area contributed by atoms with Gasteiger partial charge in [-0.2, -0.15) is 0 Å². The quantitative estimate of drug-likeness (QED) is 0.805. The van der Waals surface area contributed by atoms with Gasteiger partial charge in [0.2, 0.25) is 10.0 Å². The van der Waals surface area contributed by atoms with Crippen molar-refractivity contribution >= 4 is 21.0 Å². The van der Waals surface area contributed by atoms with Gasteiger partial charge in [0, 0.05) is 23.5 Å². The highest BCUT2D eigenvalue weighted by molar-refractivity contribution is 7.89. The van der Waals surface area contributed by atoms with Crippen LogP contribution in [0.5, 0.6) is 0 Å². The molecule has 1 aromatic heterocycles. The van der Waals surface area contributed by atoms with Crippen molar-refractivity contribution < 1.29 is 12.8 Å². The van der Waals surface area contributed by atoms with Crippen LogP contribution in [0.15, 0.2) is 44.4 Å². The molecule has 1 heterocycles. The van der Waals surface area contributed by atoms with Crippen LogP contribution in [0, 0.1) is 5.92 Å². The Balaban J connectivity index is 1.98. The molecule has 2 aromatic rings. The van der Waals surface area contributed by atoms with Crippen molar-refractivity contribution in [1.82, 2.24) is 4.72 Å². The van der Waals surface area contributed by atoms with Gasteiger partial charge in [0.1, 0.15) is 5.58 Å². The Bertz CT molecular complexity index is 870. The van der Waals surface area contributed by atoms with E-state index in [1.807, 2.05) is 6.92 Å². The van der Waals surface area contributed by atoms with Crippen LogP contribution < -0.4 is 16.1 Å². The predicted molar refractivity (Wildman–Crippen MR) is 83.0 cm³/mol. The van der Waals surface area contributed by atoms with Gasteiger partial charge in [-0.3, -0.25) is 0 Å². The molecule has 3 rings (SSSR count). The van der Waals surface area contributed by atoms with E-state index in [0.29, 0.717) is 11.0 Å². The molecule has 0 aliphatic heterocycles. The molecule has 0 radical (unpaired) electrons. The second-order valence-corrected chi connectivity index (χ2v) is 7.64. The van der Waals surface area contributed by atoms with Crippen LogP contribution in [-0.2, 0) is 10.0 Å². The van der Waals surface area contributed by atoms with Crippen LogP contribution in [0.1, 0.15) is 19.8 Å². The highest BCUT2D eigenvalue weighted by Crippen LogP contribution is 2.39. The molecule has 22 heavy (non-hydrogen) atoms. The second-order valence-electron chi connectivity index (χ2n) is 5.96. The van der Waals surface area contributed by atoms with Gasteiger partial charge in [-0.15, -0.1) is 0 Å². The minimum absolute atomic E-state index is 0.133. The van der Waals surface area contributed by atoms with E-state index in [9.17, 15) is 13.2 Å². The summed E-state index contributed by atoms with van der Waals surface area (Å²) in [6.07, 6.45) is 1.97. The number of sulfonamides is 1. The first kappa shape index (κ1) is 15.2. The highest BCUT2D eigenvalue weighted by Gasteiger charge is 2.43. The Kier molecular flexibility index (Phi) is 3.58. The topological polar surface area (TPSA) is 102 Å². The van der Waals surface area contributed by atoms with E-state index in [-0.39, 0.29) is 17.4 Å². The number of nitrogens with two attached hydrogens (primary N) is 1. The van der Waals surface area contributed by atoms with Gasteiger partial charge >= 0.3 is 5.63 Å². The molecule has 118 valence electrons. The highest BCUT2D eigenvalue weighted by atomic mass is 32.2. The SMILES string of the molecule is CC(CN)(NS(=O)(=O)c1ccc2oc(=O)ccc2c1)C1CC1. The first-order chi connectivity index (χ1) is 10.3. The molecule has 6 nitrogen and oxygen atoms in total. The van der Waals surface area contributed by atoms with Gasteiger partial charge in [0.25, 0.3) is 0 Å². The van der Waals surface area contributed by atoms with Crippen LogP contribution in [-0.4, -0.2) is 20.5 Å². The Morgan fingerprint density at radius 3 is 2.68 bits per heavy atom. The summed E-state index contributed by atoms with van der Waals surface area (Å²) in [5.41, 5.74) is 5.03. The fourth-order valence-electron chi connectivity index (χ4n) is 2.60. The maximum Gasteiger partial charge on any atom is 0.336 e. The summed E-state index contributed by atoms with van der Waals surface area (Å²) in [5.74, 6) is 0.283. The lowest BCUT2D eigenvalue weighted by molar-refractivity contribution is 0.374. The summed E-state index contributed by atoms with van der Waals surface area (Å²) < 4.78 is 32.9. The molecule has 1 atom stereocenters. The monoisotopic (exact) mass is 322 g/mol.